The molecule has 0 N–H and O–H groups in total. The Hall–Kier alpha value is -2.74. The van der Waals surface area contributed by atoms with Crippen molar-refractivity contribution in [1.29, 1.82) is 0 Å². The van der Waals surface area contributed by atoms with E-state index in [4.69, 9.17) is 4.74 Å². The molecule has 29 heavy (non-hydrogen) atoms. The van der Waals surface area contributed by atoms with Crippen LogP contribution >= 0.6 is 11.3 Å². The van der Waals surface area contributed by atoms with Crippen LogP contribution in [0.2, 0.25) is 0 Å². The Morgan fingerprint density at radius 3 is 2.79 bits per heavy atom. The van der Waals surface area contributed by atoms with E-state index in [9.17, 15) is 14.0 Å². The van der Waals surface area contributed by atoms with Crippen molar-refractivity contribution in [1.82, 2.24) is 14.7 Å². The number of thiophene rings is 1. The first-order chi connectivity index (χ1) is 13.9. The predicted molar refractivity (Wildman–Crippen MR) is 109 cm³/mol. The maximum Gasteiger partial charge on any atom is 0.348 e. The van der Waals surface area contributed by atoms with Crippen LogP contribution in [0.4, 0.5) is 4.39 Å². The lowest BCUT2D eigenvalue weighted by Crippen LogP contribution is -2.41. The van der Waals surface area contributed by atoms with Crippen molar-refractivity contribution < 1.29 is 18.7 Å². The standard InChI is InChI=1S/C21H22FN3O3S/c1-13-4-3-9-24(11-13)19(26)12-28-21(27)18-10-17-14(2)23-25(20(17)29-18)16-7-5-15(22)6-8-16/h5-8,10,13H,3-4,9,11-12H2,1-2H3. The summed E-state index contributed by atoms with van der Waals surface area (Å²) in [6.45, 7) is 5.16. The Morgan fingerprint density at radius 2 is 2.07 bits per heavy atom. The summed E-state index contributed by atoms with van der Waals surface area (Å²) in [6.07, 6.45) is 2.10. The molecule has 1 atom stereocenters. The number of aryl methyl sites for hydroxylation is 1. The fraction of sp³-hybridized carbons (Fsp3) is 0.381. The second-order valence-electron chi connectivity index (χ2n) is 7.47. The van der Waals surface area contributed by atoms with Gasteiger partial charge >= 0.3 is 5.97 Å². The van der Waals surface area contributed by atoms with Crippen molar-refractivity contribution in [3.63, 3.8) is 0 Å². The number of likely N-dealkylation sites (tertiary alicyclic amines) is 1. The molecule has 1 aromatic carbocycles. The van der Waals surface area contributed by atoms with E-state index >= 15 is 0 Å². The Labute approximate surface area is 171 Å². The van der Waals surface area contributed by atoms with E-state index in [1.165, 1.54) is 23.5 Å². The Kier molecular flexibility index (Phi) is 5.36. The number of carbonyl (C=O) groups is 2. The van der Waals surface area contributed by atoms with E-state index in [-0.39, 0.29) is 18.3 Å². The van der Waals surface area contributed by atoms with Gasteiger partial charge in [-0.15, -0.1) is 11.3 Å². The smallest absolute Gasteiger partial charge is 0.348 e. The molecule has 3 heterocycles. The topological polar surface area (TPSA) is 64.4 Å². The van der Waals surface area contributed by atoms with Crippen LogP contribution in [0.15, 0.2) is 30.3 Å². The molecule has 0 aliphatic carbocycles. The van der Waals surface area contributed by atoms with Crippen LogP contribution in [0.1, 0.15) is 35.1 Å². The normalized spacial score (nSPS) is 16.9. The number of hydrogen-bond acceptors (Lipinski definition) is 5. The van der Waals surface area contributed by atoms with Crippen LogP contribution in [-0.4, -0.2) is 46.3 Å². The number of aromatic nitrogens is 2. The molecular weight excluding hydrogens is 393 g/mol. The molecule has 0 spiro atoms. The summed E-state index contributed by atoms with van der Waals surface area (Å²) in [4.78, 5) is 27.8. The van der Waals surface area contributed by atoms with Crippen molar-refractivity contribution >= 4 is 33.4 Å². The lowest BCUT2D eigenvalue weighted by atomic mass is 10.0. The molecule has 0 saturated carbocycles. The first kappa shape index (κ1) is 19.6. The Morgan fingerprint density at radius 1 is 1.31 bits per heavy atom. The van der Waals surface area contributed by atoms with E-state index in [0.717, 1.165) is 35.3 Å². The van der Waals surface area contributed by atoms with Gasteiger partial charge in [0.2, 0.25) is 0 Å². The van der Waals surface area contributed by atoms with Gasteiger partial charge in [0, 0.05) is 18.5 Å². The van der Waals surface area contributed by atoms with Gasteiger partial charge < -0.3 is 9.64 Å². The molecule has 1 amide bonds. The molecule has 2 aromatic heterocycles. The number of ether oxygens (including phenoxy) is 1. The van der Waals surface area contributed by atoms with Crippen LogP contribution in [0.5, 0.6) is 0 Å². The number of benzene rings is 1. The second-order valence-corrected chi connectivity index (χ2v) is 8.50. The van der Waals surface area contributed by atoms with Crippen molar-refractivity contribution in [2.75, 3.05) is 19.7 Å². The third-order valence-corrected chi connectivity index (χ3v) is 6.24. The largest absolute Gasteiger partial charge is 0.451 e. The summed E-state index contributed by atoms with van der Waals surface area (Å²) in [5.41, 5.74) is 1.47. The van der Waals surface area contributed by atoms with Crippen molar-refractivity contribution in [3.8, 4) is 5.69 Å². The fourth-order valence-electron chi connectivity index (χ4n) is 3.61. The first-order valence-electron chi connectivity index (χ1n) is 9.62. The summed E-state index contributed by atoms with van der Waals surface area (Å²) >= 11 is 1.25. The summed E-state index contributed by atoms with van der Waals surface area (Å²) < 4.78 is 20.2. The fourth-order valence-corrected chi connectivity index (χ4v) is 4.69. The zero-order chi connectivity index (χ0) is 20.5. The number of piperidine rings is 1. The average molecular weight is 415 g/mol. The highest BCUT2D eigenvalue weighted by Crippen LogP contribution is 2.31. The molecule has 1 aliphatic heterocycles. The number of nitrogens with zero attached hydrogens (tertiary/aromatic N) is 3. The van der Waals surface area contributed by atoms with Gasteiger partial charge in [0.25, 0.3) is 5.91 Å². The minimum absolute atomic E-state index is 0.153. The van der Waals surface area contributed by atoms with Crippen LogP contribution in [0, 0.1) is 18.7 Å². The quantitative estimate of drug-likeness (QED) is 0.606. The number of carbonyl (C=O) groups excluding carboxylic acids is 2. The van der Waals surface area contributed by atoms with E-state index in [0.29, 0.717) is 23.0 Å². The maximum atomic E-state index is 13.2. The highest BCUT2D eigenvalue weighted by molar-refractivity contribution is 7.20. The van der Waals surface area contributed by atoms with Gasteiger partial charge in [-0.25, -0.2) is 13.9 Å². The van der Waals surface area contributed by atoms with E-state index in [1.54, 1.807) is 27.8 Å². The third kappa shape index (κ3) is 4.03. The molecule has 1 fully saturated rings. The van der Waals surface area contributed by atoms with Crippen molar-refractivity contribution in [2.45, 2.75) is 26.7 Å². The second kappa shape index (κ2) is 7.94. The summed E-state index contributed by atoms with van der Waals surface area (Å²) in [5, 5.41) is 5.32. The van der Waals surface area contributed by atoms with Crippen LogP contribution < -0.4 is 0 Å². The maximum absolute atomic E-state index is 13.2. The van der Waals surface area contributed by atoms with Crippen molar-refractivity contribution in [2.24, 2.45) is 5.92 Å². The average Bonchev–Trinajstić information content (AvgIpc) is 3.27. The molecule has 1 saturated heterocycles. The summed E-state index contributed by atoms with van der Waals surface area (Å²) in [6, 6.07) is 7.74. The number of rotatable bonds is 4. The van der Waals surface area contributed by atoms with Gasteiger partial charge in [0.1, 0.15) is 15.5 Å². The molecule has 0 bridgehead atoms. The van der Waals surface area contributed by atoms with E-state index in [1.807, 2.05) is 6.92 Å². The van der Waals surface area contributed by atoms with E-state index in [2.05, 4.69) is 12.0 Å². The molecule has 0 radical (unpaired) electrons. The summed E-state index contributed by atoms with van der Waals surface area (Å²) in [7, 11) is 0. The zero-order valence-corrected chi connectivity index (χ0v) is 17.2. The molecule has 8 heteroatoms. The molecule has 1 aliphatic rings. The first-order valence-corrected chi connectivity index (χ1v) is 10.4. The van der Waals surface area contributed by atoms with Crippen LogP contribution in [0.25, 0.3) is 15.9 Å². The predicted octanol–water partition coefficient (Wildman–Crippen LogP) is 3.95. The lowest BCUT2D eigenvalue weighted by Gasteiger charge is -2.30. The van der Waals surface area contributed by atoms with Gasteiger partial charge in [-0.05, 0) is 56.0 Å². The highest BCUT2D eigenvalue weighted by atomic mass is 32.1. The number of fused-ring (bicyclic) bond motifs is 1. The monoisotopic (exact) mass is 415 g/mol. The Balaban J connectivity index is 1.49. The SMILES string of the molecule is Cc1nn(-c2ccc(F)cc2)c2sc(C(=O)OCC(=O)N3CCCC(C)C3)cc12. The van der Waals surface area contributed by atoms with Gasteiger partial charge in [-0.2, -0.15) is 5.10 Å². The van der Waals surface area contributed by atoms with Gasteiger partial charge in [0.05, 0.1) is 11.4 Å². The van der Waals surface area contributed by atoms with Crippen LogP contribution in [0.3, 0.4) is 0 Å². The van der Waals surface area contributed by atoms with Gasteiger partial charge in [-0.3, -0.25) is 4.79 Å². The lowest BCUT2D eigenvalue weighted by molar-refractivity contribution is -0.136. The number of hydrogen-bond donors (Lipinski definition) is 0. The zero-order valence-electron chi connectivity index (χ0n) is 16.4. The molecule has 4 rings (SSSR count). The number of halogens is 1. The highest BCUT2D eigenvalue weighted by Gasteiger charge is 2.23. The van der Waals surface area contributed by atoms with Gasteiger partial charge in [-0.1, -0.05) is 6.92 Å². The van der Waals surface area contributed by atoms with Crippen LogP contribution in [-0.2, 0) is 9.53 Å². The molecule has 3 aromatic rings. The van der Waals surface area contributed by atoms with Crippen molar-refractivity contribution in [3.05, 3.63) is 46.7 Å². The van der Waals surface area contributed by atoms with E-state index < -0.39 is 5.97 Å². The molecule has 152 valence electrons. The molecular formula is C21H22FN3O3S. The minimum Gasteiger partial charge on any atom is -0.451 e. The third-order valence-electron chi connectivity index (χ3n) is 5.15. The Bertz CT molecular complexity index is 1060. The molecule has 1 unspecified atom stereocenters. The summed E-state index contributed by atoms with van der Waals surface area (Å²) in [5.74, 6) is -0.519. The number of amides is 1. The van der Waals surface area contributed by atoms with Gasteiger partial charge in [0.15, 0.2) is 6.61 Å². The number of esters is 1. The minimum atomic E-state index is -0.519. The molecule has 6 nitrogen and oxygen atoms in total.